The molecule has 0 amide bonds. The molecule has 19 heavy (non-hydrogen) atoms. The monoisotopic (exact) mass is 262 g/mol. The van der Waals surface area contributed by atoms with E-state index in [-0.39, 0.29) is 29.6 Å². The van der Waals surface area contributed by atoms with Crippen LogP contribution in [0.2, 0.25) is 0 Å². The largest absolute Gasteiger partial charge is 0.396 e. The highest BCUT2D eigenvalue weighted by Gasteiger charge is 2.24. The molecule has 106 valence electrons. The van der Waals surface area contributed by atoms with Gasteiger partial charge < -0.3 is 5.11 Å². The molecule has 0 spiro atoms. The molecule has 1 rings (SSSR count). The molecule has 2 heteroatoms. The van der Waals surface area contributed by atoms with Gasteiger partial charge in [0.05, 0.1) is 6.61 Å². The fourth-order valence-electron chi connectivity index (χ4n) is 2.20. The highest BCUT2D eigenvalue weighted by molar-refractivity contribution is 5.99. The lowest BCUT2D eigenvalue weighted by molar-refractivity contribution is 0.0806. The lowest BCUT2D eigenvalue weighted by Crippen LogP contribution is -2.25. The molecule has 1 aromatic carbocycles. The summed E-state index contributed by atoms with van der Waals surface area (Å²) in [6, 6.07) is 6.01. The molecular formula is C17H26O2. The summed E-state index contributed by atoms with van der Waals surface area (Å²) in [5.41, 5.74) is 3.05. The van der Waals surface area contributed by atoms with Gasteiger partial charge in [-0.15, -0.1) is 0 Å². The van der Waals surface area contributed by atoms with Crippen LogP contribution in [0.3, 0.4) is 0 Å². The van der Waals surface area contributed by atoms with Crippen molar-refractivity contribution < 1.29 is 9.90 Å². The van der Waals surface area contributed by atoms with E-state index in [1.54, 1.807) is 0 Å². The molecule has 0 radical (unpaired) electrons. The van der Waals surface area contributed by atoms with Gasteiger partial charge in [0.1, 0.15) is 0 Å². The maximum absolute atomic E-state index is 12.4. The minimum atomic E-state index is -0.306. The molecule has 1 aromatic rings. The van der Waals surface area contributed by atoms with Gasteiger partial charge in [-0.2, -0.15) is 0 Å². The third-order valence-electron chi connectivity index (χ3n) is 3.70. The number of ketones is 1. The molecular weight excluding hydrogens is 236 g/mol. The van der Waals surface area contributed by atoms with Crippen LogP contribution in [0.25, 0.3) is 0 Å². The first-order valence-electron chi connectivity index (χ1n) is 6.94. The summed E-state index contributed by atoms with van der Waals surface area (Å²) in [5, 5.41) is 9.38. The molecule has 2 nitrogen and oxygen atoms in total. The number of carbonyl (C=O) groups excluding carboxylic acids is 1. The molecule has 1 unspecified atom stereocenters. The van der Waals surface area contributed by atoms with E-state index < -0.39 is 0 Å². The van der Waals surface area contributed by atoms with Crippen LogP contribution < -0.4 is 0 Å². The van der Waals surface area contributed by atoms with Crippen molar-refractivity contribution in [1.29, 1.82) is 0 Å². The van der Waals surface area contributed by atoms with E-state index in [0.717, 1.165) is 11.1 Å². The predicted octanol–water partition coefficient (Wildman–Crippen LogP) is 3.74. The van der Waals surface area contributed by atoms with Gasteiger partial charge >= 0.3 is 0 Å². The molecule has 0 saturated heterocycles. The Morgan fingerprint density at radius 2 is 1.84 bits per heavy atom. The fourth-order valence-corrected chi connectivity index (χ4v) is 2.20. The molecule has 0 aromatic heterocycles. The Hall–Kier alpha value is -1.15. The standard InChI is InChI=1S/C17H26O2/c1-11(2)15(10-18)16(19)14-8-7-13(9-12(14)3)17(4,5)6/h7-9,11,15,18H,10H2,1-6H3. The van der Waals surface area contributed by atoms with Crippen molar-refractivity contribution in [3.05, 3.63) is 34.9 Å². The van der Waals surface area contributed by atoms with E-state index in [9.17, 15) is 9.90 Å². The van der Waals surface area contributed by atoms with Crippen LogP contribution >= 0.6 is 0 Å². The van der Waals surface area contributed by atoms with Crippen LogP contribution in [0.5, 0.6) is 0 Å². The smallest absolute Gasteiger partial charge is 0.168 e. The lowest BCUT2D eigenvalue weighted by atomic mass is 9.82. The first-order valence-corrected chi connectivity index (χ1v) is 6.94. The van der Waals surface area contributed by atoms with Crippen molar-refractivity contribution in [1.82, 2.24) is 0 Å². The molecule has 0 aliphatic carbocycles. The minimum Gasteiger partial charge on any atom is -0.396 e. The predicted molar refractivity (Wildman–Crippen MR) is 79.6 cm³/mol. The number of aryl methyl sites for hydroxylation is 1. The van der Waals surface area contributed by atoms with Gasteiger partial charge in [0.25, 0.3) is 0 Å². The van der Waals surface area contributed by atoms with Crippen molar-refractivity contribution in [2.24, 2.45) is 11.8 Å². The van der Waals surface area contributed by atoms with Crippen molar-refractivity contribution in [2.45, 2.75) is 47.0 Å². The second-order valence-electron chi connectivity index (χ2n) is 6.68. The molecule has 0 saturated carbocycles. The Bertz CT molecular complexity index is 453. The summed E-state index contributed by atoms with van der Waals surface area (Å²) in [6.45, 7) is 12.3. The second-order valence-corrected chi connectivity index (χ2v) is 6.68. The van der Waals surface area contributed by atoms with Crippen LogP contribution in [0.4, 0.5) is 0 Å². The zero-order valence-electron chi connectivity index (χ0n) is 12.9. The molecule has 1 atom stereocenters. The Morgan fingerprint density at radius 1 is 1.26 bits per heavy atom. The van der Waals surface area contributed by atoms with E-state index in [1.165, 1.54) is 5.56 Å². The third-order valence-corrected chi connectivity index (χ3v) is 3.70. The molecule has 0 heterocycles. The number of benzene rings is 1. The summed E-state index contributed by atoms with van der Waals surface area (Å²) < 4.78 is 0. The number of hydrogen-bond donors (Lipinski definition) is 1. The summed E-state index contributed by atoms with van der Waals surface area (Å²) in [7, 11) is 0. The normalized spacial score (nSPS) is 13.7. The van der Waals surface area contributed by atoms with Gasteiger partial charge in [0.15, 0.2) is 5.78 Å². The fraction of sp³-hybridized carbons (Fsp3) is 0.588. The van der Waals surface area contributed by atoms with Gasteiger partial charge in [-0.1, -0.05) is 52.8 Å². The van der Waals surface area contributed by atoms with Gasteiger partial charge in [0.2, 0.25) is 0 Å². The van der Waals surface area contributed by atoms with E-state index >= 15 is 0 Å². The maximum Gasteiger partial charge on any atom is 0.168 e. The number of aliphatic hydroxyl groups is 1. The van der Waals surface area contributed by atoms with Crippen molar-refractivity contribution >= 4 is 5.78 Å². The second kappa shape index (κ2) is 5.87. The Labute approximate surface area is 116 Å². The van der Waals surface area contributed by atoms with Gasteiger partial charge in [-0.3, -0.25) is 4.79 Å². The van der Waals surface area contributed by atoms with E-state index in [0.29, 0.717) is 0 Å². The van der Waals surface area contributed by atoms with E-state index in [1.807, 2.05) is 32.9 Å². The topological polar surface area (TPSA) is 37.3 Å². The van der Waals surface area contributed by atoms with Crippen LogP contribution in [-0.4, -0.2) is 17.5 Å². The minimum absolute atomic E-state index is 0.0514. The first-order chi connectivity index (χ1) is 8.68. The average molecular weight is 262 g/mol. The van der Waals surface area contributed by atoms with Crippen LogP contribution in [-0.2, 0) is 5.41 Å². The number of carbonyl (C=O) groups is 1. The third kappa shape index (κ3) is 3.66. The summed E-state index contributed by atoms with van der Waals surface area (Å²) >= 11 is 0. The molecule has 0 bridgehead atoms. The van der Waals surface area contributed by atoms with E-state index in [4.69, 9.17) is 0 Å². The van der Waals surface area contributed by atoms with Gasteiger partial charge in [0, 0.05) is 11.5 Å². The zero-order valence-corrected chi connectivity index (χ0v) is 12.9. The number of Topliss-reactive ketones (excluding diaryl/α,β-unsaturated/α-hetero) is 1. The number of aliphatic hydroxyl groups excluding tert-OH is 1. The lowest BCUT2D eigenvalue weighted by Gasteiger charge is -2.22. The van der Waals surface area contributed by atoms with Gasteiger partial charge in [-0.25, -0.2) is 0 Å². The van der Waals surface area contributed by atoms with Crippen LogP contribution in [0, 0.1) is 18.8 Å². The quantitative estimate of drug-likeness (QED) is 0.839. The van der Waals surface area contributed by atoms with Gasteiger partial charge in [-0.05, 0) is 29.4 Å². The highest BCUT2D eigenvalue weighted by atomic mass is 16.3. The Morgan fingerprint density at radius 3 is 2.21 bits per heavy atom. The zero-order chi connectivity index (χ0) is 14.8. The summed E-state index contributed by atoms with van der Waals surface area (Å²) in [6.07, 6.45) is 0. The van der Waals surface area contributed by atoms with Crippen LogP contribution in [0.1, 0.15) is 56.1 Å². The Kier molecular flexibility index (Phi) is 4.92. The molecule has 0 aliphatic rings. The Balaban J connectivity index is 3.13. The maximum atomic E-state index is 12.4. The summed E-state index contributed by atoms with van der Waals surface area (Å²) in [5.74, 6) is -0.103. The van der Waals surface area contributed by atoms with Crippen LogP contribution in [0.15, 0.2) is 18.2 Å². The highest BCUT2D eigenvalue weighted by Crippen LogP contribution is 2.26. The van der Waals surface area contributed by atoms with E-state index in [2.05, 4.69) is 26.8 Å². The first kappa shape index (κ1) is 15.9. The summed E-state index contributed by atoms with van der Waals surface area (Å²) in [4.78, 5) is 12.4. The molecule has 1 N–H and O–H groups in total. The SMILES string of the molecule is Cc1cc(C(C)(C)C)ccc1C(=O)C(CO)C(C)C. The number of rotatable bonds is 4. The molecule has 0 fully saturated rings. The number of hydrogen-bond acceptors (Lipinski definition) is 2. The van der Waals surface area contributed by atoms with Crippen molar-refractivity contribution in [2.75, 3.05) is 6.61 Å². The van der Waals surface area contributed by atoms with Crippen molar-refractivity contribution in [3.8, 4) is 0 Å². The average Bonchev–Trinajstić information content (AvgIpc) is 2.27. The molecule has 0 aliphatic heterocycles. The van der Waals surface area contributed by atoms with Crippen molar-refractivity contribution in [3.63, 3.8) is 0 Å².